The van der Waals surface area contributed by atoms with Crippen molar-refractivity contribution in [3.05, 3.63) is 17.2 Å². The van der Waals surface area contributed by atoms with Crippen molar-refractivity contribution < 1.29 is 22.7 Å². The van der Waals surface area contributed by atoms with Crippen molar-refractivity contribution >= 4 is 33.2 Å². The summed E-state index contributed by atoms with van der Waals surface area (Å²) in [5.74, 6) is 0.610. The van der Waals surface area contributed by atoms with Crippen molar-refractivity contribution in [2.75, 3.05) is 38.0 Å². The molecule has 0 bridgehead atoms. The van der Waals surface area contributed by atoms with Crippen LogP contribution in [0.2, 0.25) is 5.02 Å². The van der Waals surface area contributed by atoms with E-state index in [1.54, 1.807) is 12.1 Å². The maximum Gasteiger partial charge on any atom is 0.224 e. The molecule has 0 aliphatic heterocycles. The van der Waals surface area contributed by atoms with Crippen molar-refractivity contribution in [3.8, 4) is 11.5 Å². The van der Waals surface area contributed by atoms with E-state index in [1.165, 1.54) is 26.0 Å². The van der Waals surface area contributed by atoms with Crippen LogP contribution in [0.5, 0.6) is 11.5 Å². The largest absolute Gasteiger partial charge is 0.495 e. The molecule has 142 valence electrons. The number of halogens is 1. The third kappa shape index (κ3) is 6.37. The van der Waals surface area contributed by atoms with Gasteiger partial charge in [0.2, 0.25) is 15.9 Å². The second-order valence-corrected chi connectivity index (χ2v) is 7.73. The zero-order valence-electron chi connectivity index (χ0n) is 15.0. The number of nitrogens with one attached hydrogen (secondary N) is 1. The Bertz CT molecular complexity index is 694. The SMILES string of the molecule is CCCCS(=O)(=O)NCCN(C(C)=O)c1cc(OC)c(Cl)cc1OC. The van der Waals surface area contributed by atoms with E-state index < -0.39 is 10.0 Å². The lowest BCUT2D eigenvalue weighted by Gasteiger charge is -2.24. The zero-order valence-corrected chi connectivity index (χ0v) is 16.5. The summed E-state index contributed by atoms with van der Waals surface area (Å²) in [5, 5.41) is 0.354. The number of carbonyl (C=O) groups is 1. The van der Waals surface area contributed by atoms with Crippen molar-refractivity contribution in [1.82, 2.24) is 4.72 Å². The molecule has 9 heteroatoms. The summed E-state index contributed by atoms with van der Waals surface area (Å²) >= 11 is 6.08. The van der Waals surface area contributed by atoms with Crippen LogP contribution in [-0.4, -0.2) is 47.4 Å². The van der Waals surface area contributed by atoms with Crippen LogP contribution < -0.4 is 19.1 Å². The van der Waals surface area contributed by atoms with E-state index in [0.29, 0.717) is 28.6 Å². The van der Waals surface area contributed by atoms with Crippen LogP contribution in [0.1, 0.15) is 26.7 Å². The van der Waals surface area contributed by atoms with Gasteiger partial charge >= 0.3 is 0 Å². The molecular weight excluding hydrogens is 368 g/mol. The Morgan fingerprint density at radius 3 is 2.40 bits per heavy atom. The highest BCUT2D eigenvalue weighted by Gasteiger charge is 2.20. The highest BCUT2D eigenvalue weighted by Crippen LogP contribution is 2.38. The first-order chi connectivity index (χ1) is 11.8. The van der Waals surface area contributed by atoms with E-state index in [9.17, 15) is 13.2 Å². The average molecular weight is 393 g/mol. The molecule has 1 N–H and O–H groups in total. The first-order valence-electron chi connectivity index (χ1n) is 7.92. The first kappa shape index (κ1) is 21.5. The van der Waals surface area contributed by atoms with E-state index in [4.69, 9.17) is 21.1 Å². The predicted octanol–water partition coefficient (Wildman–Crippen LogP) is 2.43. The summed E-state index contributed by atoms with van der Waals surface area (Å²) in [4.78, 5) is 13.5. The van der Waals surface area contributed by atoms with Gasteiger partial charge in [0.15, 0.2) is 0 Å². The molecule has 0 saturated carbocycles. The minimum Gasteiger partial charge on any atom is -0.495 e. The molecule has 0 aliphatic rings. The quantitative estimate of drug-likeness (QED) is 0.661. The van der Waals surface area contributed by atoms with E-state index in [1.807, 2.05) is 6.92 Å². The zero-order chi connectivity index (χ0) is 19.0. The molecule has 0 fully saturated rings. The molecule has 0 radical (unpaired) electrons. The number of hydrogen-bond acceptors (Lipinski definition) is 5. The fourth-order valence-corrected chi connectivity index (χ4v) is 3.67. The molecule has 25 heavy (non-hydrogen) atoms. The third-order valence-electron chi connectivity index (χ3n) is 3.55. The van der Waals surface area contributed by atoms with Crippen LogP contribution in [0.15, 0.2) is 12.1 Å². The van der Waals surface area contributed by atoms with E-state index >= 15 is 0 Å². The maximum absolute atomic E-state index is 12.0. The minimum absolute atomic E-state index is 0.0711. The summed E-state index contributed by atoms with van der Waals surface area (Å²) in [7, 11) is -0.412. The molecule has 1 amide bonds. The number of unbranched alkanes of at least 4 members (excludes halogenated alkanes) is 1. The number of anilines is 1. The summed E-state index contributed by atoms with van der Waals surface area (Å²) in [6.07, 6.45) is 1.39. The number of rotatable bonds is 10. The van der Waals surface area contributed by atoms with Crippen molar-refractivity contribution in [1.29, 1.82) is 0 Å². The Labute approximate surface area is 154 Å². The molecule has 0 atom stereocenters. The standard InChI is InChI=1S/C16H25ClN2O5S/c1-5-6-9-25(21,22)18-7-8-19(12(2)20)14-11-15(23-3)13(17)10-16(14)24-4/h10-11,18H,5-9H2,1-4H3. The van der Waals surface area contributed by atoms with Crippen molar-refractivity contribution in [2.45, 2.75) is 26.7 Å². The summed E-state index contributed by atoms with van der Waals surface area (Å²) in [6.45, 7) is 3.57. The summed E-state index contributed by atoms with van der Waals surface area (Å²) in [5.41, 5.74) is 0.462. The molecule has 0 heterocycles. The second kappa shape index (κ2) is 9.84. The Morgan fingerprint density at radius 2 is 1.88 bits per heavy atom. The van der Waals surface area contributed by atoms with Crippen LogP contribution in [0, 0.1) is 0 Å². The molecule has 7 nitrogen and oxygen atoms in total. The van der Waals surface area contributed by atoms with Crippen LogP contribution in [-0.2, 0) is 14.8 Å². The molecule has 0 aliphatic carbocycles. The maximum atomic E-state index is 12.0. The summed E-state index contributed by atoms with van der Waals surface area (Å²) < 4.78 is 36.7. The van der Waals surface area contributed by atoms with E-state index in [0.717, 1.165) is 6.42 Å². The van der Waals surface area contributed by atoms with Gasteiger partial charge in [-0.05, 0) is 6.42 Å². The minimum atomic E-state index is -3.35. The molecule has 0 unspecified atom stereocenters. The Hall–Kier alpha value is -1.51. The van der Waals surface area contributed by atoms with E-state index in [-0.39, 0.29) is 24.7 Å². The van der Waals surface area contributed by atoms with Gasteiger partial charge in [0.1, 0.15) is 11.5 Å². The van der Waals surface area contributed by atoms with Gasteiger partial charge in [0, 0.05) is 32.1 Å². The summed E-state index contributed by atoms with van der Waals surface area (Å²) in [6, 6.07) is 3.14. The Morgan fingerprint density at radius 1 is 1.24 bits per heavy atom. The number of hydrogen-bond donors (Lipinski definition) is 1. The fourth-order valence-electron chi connectivity index (χ4n) is 2.22. The van der Waals surface area contributed by atoms with E-state index in [2.05, 4.69) is 4.72 Å². The molecular formula is C16H25ClN2O5S. The number of methoxy groups -OCH3 is 2. The van der Waals surface area contributed by atoms with Crippen LogP contribution in [0.25, 0.3) is 0 Å². The molecule has 0 aromatic heterocycles. The van der Waals surface area contributed by atoms with Gasteiger partial charge in [0.25, 0.3) is 0 Å². The highest BCUT2D eigenvalue weighted by molar-refractivity contribution is 7.89. The van der Waals surface area contributed by atoms with Gasteiger partial charge in [-0.25, -0.2) is 13.1 Å². The monoisotopic (exact) mass is 392 g/mol. The number of benzene rings is 1. The second-order valence-electron chi connectivity index (χ2n) is 5.40. The van der Waals surface area contributed by atoms with Crippen molar-refractivity contribution in [2.24, 2.45) is 0 Å². The Balaban J connectivity index is 2.96. The molecule has 0 spiro atoms. The number of sulfonamides is 1. The molecule has 0 saturated heterocycles. The fraction of sp³-hybridized carbons (Fsp3) is 0.562. The smallest absolute Gasteiger partial charge is 0.224 e. The third-order valence-corrected chi connectivity index (χ3v) is 5.31. The van der Waals surface area contributed by atoms with Gasteiger partial charge in [-0.15, -0.1) is 0 Å². The first-order valence-corrected chi connectivity index (χ1v) is 9.95. The van der Waals surface area contributed by atoms with Gasteiger partial charge in [0.05, 0.1) is 30.7 Å². The number of amides is 1. The average Bonchev–Trinajstić information content (AvgIpc) is 2.56. The van der Waals surface area contributed by atoms with Gasteiger partial charge < -0.3 is 14.4 Å². The van der Waals surface area contributed by atoms with Gasteiger partial charge in [-0.3, -0.25) is 4.79 Å². The predicted molar refractivity (Wildman–Crippen MR) is 99.3 cm³/mol. The molecule has 1 rings (SSSR count). The van der Waals surface area contributed by atoms with Crippen molar-refractivity contribution in [3.63, 3.8) is 0 Å². The lowest BCUT2D eigenvalue weighted by atomic mass is 10.2. The molecule has 1 aromatic carbocycles. The number of carbonyl (C=O) groups excluding carboxylic acids is 1. The number of nitrogens with zero attached hydrogens (tertiary/aromatic N) is 1. The van der Waals surface area contributed by atoms with Crippen LogP contribution >= 0.6 is 11.6 Å². The normalized spacial score (nSPS) is 11.2. The van der Waals surface area contributed by atoms with Gasteiger partial charge in [-0.2, -0.15) is 0 Å². The van der Waals surface area contributed by atoms with Crippen LogP contribution in [0.3, 0.4) is 0 Å². The lowest BCUT2D eigenvalue weighted by Crippen LogP contribution is -2.38. The van der Waals surface area contributed by atoms with Gasteiger partial charge in [-0.1, -0.05) is 24.9 Å². The topological polar surface area (TPSA) is 84.9 Å². The van der Waals surface area contributed by atoms with Crippen LogP contribution in [0.4, 0.5) is 5.69 Å². The molecule has 1 aromatic rings. The lowest BCUT2D eigenvalue weighted by molar-refractivity contribution is -0.116. The highest BCUT2D eigenvalue weighted by atomic mass is 35.5. The Kier molecular flexibility index (Phi) is 8.47. The number of ether oxygens (including phenoxy) is 2.